The second kappa shape index (κ2) is 17.0. The molecular formula is C36H50O6. The van der Waals surface area contributed by atoms with Gasteiger partial charge in [-0.25, -0.2) is 9.59 Å². The van der Waals surface area contributed by atoms with Crippen molar-refractivity contribution in [2.45, 2.75) is 106 Å². The van der Waals surface area contributed by atoms with E-state index in [9.17, 15) is 9.59 Å². The molecule has 0 heterocycles. The fourth-order valence-electron chi connectivity index (χ4n) is 5.44. The maximum absolute atomic E-state index is 13.1. The standard InChI is InChI=1S/C36H50O6/c1-7-13-16-26(10-4)23-39-35(37)41-33-30-19-15-18-28(12-6)32(30)34(29-21-20-25(9-3)22-31(29)33)42-36(38)40-24-27(11-5)17-14-8-2/h15,18-22,26-27H,7-14,16-17,23-24H2,1-6H3. The summed E-state index contributed by atoms with van der Waals surface area (Å²) in [5.41, 5.74) is 2.06. The van der Waals surface area contributed by atoms with Gasteiger partial charge in [0, 0.05) is 21.5 Å². The molecule has 3 aromatic carbocycles. The van der Waals surface area contributed by atoms with Crippen LogP contribution in [0.15, 0.2) is 36.4 Å². The second-order valence-corrected chi connectivity index (χ2v) is 11.2. The van der Waals surface area contributed by atoms with E-state index in [2.05, 4.69) is 41.5 Å². The van der Waals surface area contributed by atoms with Crippen molar-refractivity contribution < 1.29 is 28.5 Å². The summed E-state index contributed by atoms with van der Waals surface area (Å²) in [6.07, 6.45) is 8.42. The molecule has 2 unspecified atom stereocenters. The maximum Gasteiger partial charge on any atom is 0.513 e. The van der Waals surface area contributed by atoms with E-state index in [0.717, 1.165) is 74.3 Å². The van der Waals surface area contributed by atoms with Gasteiger partial charge in [0.1, 0.15) is 5.75 Å². The molecule has 0 radical (unpaired) electrons. The summed E-state index contributed by atoms with van der Waals surface area (Å²) in [4.78, 5) is 26.2. The summed E-state index contributed by atoms with van der Waals surface area (Å²) >= 11 is 0. The molecule has 0 N–H and O–H groups in total. The van der Waals surface area contributed by atoms with Crippen LogP contribution >= 0.6 is 0 Å². The Morgan fingerprint density at radius 1 is 0.667 bits per heavy atom. The van der Waals surface area contributed by atoms with Gasteiger partial charge >= 0.3 is 12.3 Å². The van der Waals surface area contributed by atoms with Gasteiger partial charge in [-0.3, -0.25) is 0 Å². The van der Waals surface area contributed by atoms with Crippen LogP contribution in [-0.4, -0.2) is 25.5 Å². The van der Waals surface area contributed by atoms with Gasteiger partial charge < -0.3 is 18.9 Å². The van der Waals surface area contributed by atoms with Crippen molar-refractivity contribution in [2.75, 3.05) is 13.2 Å². The minimum Gasteiger partial charge on any atom is -0.434 e. The smallest absolute Gasteiger partial charge is 0.434 e. The number of benzene rings is 3. The quantitative estimate of drug-likeness (QED) is 0.0956. The summed E-state index contributed by atoms with van der Waals surface area (Å²) in [7, 11) is 0. The zero-order chi connectivity index (χ0) is 30.5. The Bertz CT molecular complexity index is 1310. The number of hydrogen-bond donors (Lipinski definition) is 0. The van der Waals surface area contributed by atoms with Crippen LogP contribution < -0.4 is 9.47 Å². The number of rotatable bonds is 16. The average molecular weight is 579 g/mol. The SMILES string of the molecule is CCCCC(CC)COC(=O)Oc1c2cc(CC)ccc2c(OC(=O)OCC(CC)CCCC)c2c(CC)cccc12. The topological polar surface area (TPSA) is 71.1 Å². The van der Waals surface area contributed by atoms with Crippen LogP contribution in [0.1, 0.15) is 104 Å². The Hall–Kier alpha value is -3.28. The molecule has 0 spiro atoms. The van der Waals surface area contributed by atoms with Crippen LogP contribution in [0.4, 0.5) is 9.59 Å². The van der Waals surface area contributed by atoms with Crippen molar-refractivity contribution in [3.8, 4) is 11.5 Å². The third kappa shape index (κ3) is 8.62. The minimum atomic E-state index is -0.720. The molecule has 0 aromatic heterocycles. The van der Waals surface area contributed by atoms with E-state index < -0.39 is 12.3 Å². The first-order valence-corrected chi connectivity index (χ1v) is 16.1. The molecule has 3 aromatic rings. The van der Waals surface area contributed by atoms with Gasteiger partial charge in [-0.15, -0.1) is 0 Å². The number of fused-ring (bicyclic) bond motifs is 2. The van der Waals surface area contributed by atoms with E-state index >= 15 is 0 Å². The normalized spacial score (nSPS) is 12.7. The Balaban J connectivity index is 2.03. The van der Waals surface area contributed by atoms with Gasteiger partial charge in [0.05, 0.1) is 13.2 Å². The summed E-state index contributed by atoms with van der Waals surface area (Å²) in [6, 6.07) is 11.8. The Labute approximate surface area is 252 Å². The average Bonchev–Trinajstić information content (AvgIpc) is 3.02. The van der Waals surface area contributed by atoms with E-state index in [4.69, 9.17) is 18.9 Å². The highest BCUT2D eigenvalue weighted by molar-refractivity contribution is 6.13. The lowest BCUT2D eigenvalue weighted by atomic mass is 9.94. The molecule has 2 atom stereocenters. The van der Waals surface area contributed by atoms with Crippen LogP contribution in [0.3, 0.4) is 0 Å². The lowest BCUT2D eigenvalue weighted by Gasteiger charge is -2.20. The molecule has 0 aliphatic carbocycles. The largest absolute Gasteiger partial charge is 0.513 e. The molecule has 42 heavy (non-hydrogen) atoms. The van der Waals surface area contributed by atoms with Crippen molar-refractivity contribution in [3.05, 3.63) is 47.5 Å². The van der Waals surface area contributed by atoms with Crippen LogP contribution in [-0.2, 0) is 22.3 Å². The molecule has 0 bridgehead atoms. The molecule has 0 saturated carbocycles. The number of hydrogen-bond acceptors (Lipinski definition) is 6. The molecular weight excluding hydrogens is 528 g/mol. The zero-order valence-electron chi connectivity index (χ0n) is 26.6. The molecule has 0 fully saturated rings. The van der Waals surface area contributed by atoms with Crippen molar-refractivity contribution >= 4 is 33.9 Å². The molecule has 0 aliphatic rings. The Morgan fingerprint density at radius 3 is 1.79 bits per heavy atom. The summed E-state index contributed by atoms with van der Waals surface area (Å²) < 4.78 is 23.3. The minimum absolute atomic E-state index is 0.306. The van der Waals surface area contributed by atoms with E-state index in [-0.39, 0.29) is 0 Å². The predicted molar refractivity (Wildman–Crippen MR) is 171 cm³/mol. The van der Waals surface area contributed by atoms with E-state index in [1.807, 2.05) is 36.4 Å². The Kier molecular flexibility index (Phi) is 13.4. The highest BCUT2D eigenvalue weighted by atomic mass is 16.7. The third-order valence-corrected chi connectivity index (χ3v) is 8.32. The van der Waals surface area contributed by atoms with Crippen molar-refractivity contribution in [3.63, 3.8) is 0 Å². The number of aryl methyl sites for hydroxylation is 2. The first-order chi connectivity index (χ1) is 20.4. The van der Waals surface area contributed by atoms with Gasteiger partial charge in [0.25, 0.3) is 0 Å². The van der Waals surface area contributed by atoms with Crippen molar-refractivity contribution in [1.29, 1.82) is 0 Å². The fraction of sp³-hybridized carbons (Fsp3) is 0.556. The second-order valence-electron chi connectivity index (χ2n) is 11.2. The number of carbonyl (C=O) groups is 2. The highest BCUT2D eigenvalue weighted by Crippen LogP contribution is 2.45. The van der Waals surface area contributed by atoms with E-state index in [0.29, 0.717) is 59.1 Å². The molecule has 0 amide bonds. The van der Waals surface area contributed by atoms with Gasteiger partial charge in [0.2, 0.25) is 0 Å². The summed E-state index contributed by atoms with van der Waals surface area (Å²) in [5.74, 6) is 1.46. The van der Waals surface area contributed by atoms with Crippen molar-refractivity contribution in [2.24, 2.45) is 11.8 Å². The van der Waals surface area contributed by atoms with Crippen LogP contribution in [0.25, 0.3) is 21.5 Å². The molecule has 0 aliphatic heterocycles. The first kappa shape index (κ1) is 33.2. The lowest BCUT2D eigenvalue weighted by Crippen LogP contribution is -2.18. The predicted octanol–water partition coefficient (Wildman–Crippen LogP) is 10.6. The molecule has 6 nitrogen and oxygen atoms in total. The first-order valence-electron chi connectivity index (χ1n) is 16.1. The van der Waals surface area contributed by atoms with Gasteiger partial charge in [-0.2, -0.15) is 0 Å². The van der Waals surface area contributed by atoms with Crippen LogP contribution in [0.2, 0.25) is 0 Å². The lowest BCUT2D eigenvalue weighted by molar-refractivity contribution is 0.0805. The van der Waals surface area contributed by atoms with Gasteiger partial charge in [0.15, 0.2) is 5.75 Å². The number of ether oxygens (including phenoxy) is 4. The Morgan fingerprint density at radius 2 is 1.26 bits per heavy atom. The third-order valence-electron chi connectivity index (χ3n) is 8.32. The molecule has 3 rings (SSSR count). The van der Waals surface area contributed by atoms with Crippen LogP contribution in [0, 0.1) is 11.8 Å². The van der Waals surface area contributed by atoms with Crippen LogP contribution in [0.5, 0.6) is 11.5 Å². The van der Waals surface area contributed by atoms with Gasteiger partial charge in [-0.05, 0) is 54.7 Å². The number of carbonyl (C=O) groups excluding carboxylic acids is 2. The molecule has 230 valence electrons. The van der Waals surface area contributed by atoms with E-state index in [1.165, 1.54) is 0 Å². The number of unbranched alkanes of at least 4 members (excludes halogenated alkanes) is 2. The van der Waals surface area contributed by atoms with E-state index in [1.54, 1.807) is 0 Å². The highest BCUT2D eigenvalue weighted by Gasteiger charge is 2.24. The fourth-order valence-corrected chi connectivity index (χ4v) is 5.44. The monoisotopic (exact) mass is 578 g/mol. The van der Waals surface area contributed by atoms with Crippen molar-refractivity contribution in [1.82, 2.24) is 0 Å². The summed E-state index contributed by atoms with van der Waals surface area (Å²) in [5, 5.41) is 2.82. The zero-order valence-corrected chi connectivity index (χ0v) is 26.6. The molecule has 0 saturated heterocycles. The molecule has 6 heteroatoms. The maximum atomic E-state index is 13.1. The summed E-state index contributed by atoms with van der Waals surface area (Å²) in [6.45, 7) is 13.3. The van der Waals surface area contributed by atoms with Gasteiger partial charge in [-0.1, -0.05) is 110 Å².